The molecule has 18 heavy (non-hydrogen) atoms. The van der Waals surface area contributed by atoms with E-state index in [9.17, 15) is 4.39 Å². The number of ether oxygens (including phenoxy) is 1. The minimum Gasteiger partial charge on any atom is -0.436 e. The topological polar surface area (TPSA) is 48.1 Å². The summed E-state index contributed by atoms with van der Waals surface area (Å²) in [5.74, 6) is 0.103. The van der Waals surface area contributed by atoms with Crippen molar-refractivity contribution in [3.63, 3.8) is 0 Å². The Morgan fingerprint density at radius 3 is 2.89 bits per heavy atom. The second-order valence-corrected chi connectivity index (χ2v) is 4.40. The molecule has 0 saturated heterocycles. The van der Waals surface area contributed by atoms with Crippen molar-refractivity contribution in [2.45, 2.75) is 19.3 Å². The molecule has 1 aliphatic rings. The van der Waals surface area contributed by atoms with E-state index in [1.807, 2.05) is 6.07 Å². The van der Waals surface area contributed by atoms with E-state index in [4.69, 9.17) is 10.5 Å². The minimum absolute atomic E-state index is 0.148. The fourth-order valence-corrected chi connectivity index (χ4v) is 2.17. The first-order valence-corrected chi connectivity index (χ1v) is 5.94. The fourth-order valence-electron chi connectivity index (χ4n) is 2.17. The Kier molecular flexibility index (Phi) is 2.63. The summed E-state index contributed by atoms with van der Waals surface area (Å²) in [6.45, 7) is 0. The SMILES string of the molecule is Nc1ccc(Oc2ccc3c(n2)CCC3)c(F)c1. The van der Waals surface area contributed by atoms with Crippen molar-refractivity contribution in [2.24, 2.45) is 0 Å². The summed E-state index contributed by atoms with van der Waals surface area (Å²) >= 11 is 0. The third kappa shape index (κ3) is 2.01. The first-order chi connectivity index (χ1) is 8.72. The summed E-state index contributed by atoms with van der Waals surface area (Å²) in [4.78, 5) is 4.39. The van der Waals surface area contributed by atoms with Gasteiger partial charge in [-0.2, -0.15) is 0 Å². The van der Waals surface area contributed by atoms with Gasteiger partial charge in [0.2, 0.25) is 5.88 Å². The summed E-state index contributed by atoms with van der Waals surface area (Å²) in [7, 11) is 0. The van der Waals surface area contributed by atoms with Crippen LogP contribution < -0.4 is 10.5 Å². The van der Waals surface area contributed by atoms with Gasteiger partial charge in [0.15, 0.2) is 11.6 Å². The number of nitrogens with zero attached hydrogens (tertiary/aromatic N) is 1. The second-order valence-electron chi connectivity index (χ2n) is 4.40. The number of hydrogen-bond donors (Lipinski definition) is 1. The van der Waals surface area contributed by atoms with Crippen molar-refractivity contribution in [1.82, 2.24) is 4.98 Å². The molecule has 3 nitrogen and oxygen atoms in total. The van der Waals surface area contributed by atoms with E-state index in [-0.39, 0.29) is 5.75 Å². The predicted molar refractivity (Wildman–Crippen MR) is 67.1 cm³/mol. The largest absolute Gasteiger partial charge is 0.436 e. The second kappa shape index (κ2) is 4.29. The Morgan fingerprint density at radius 2 is 2.06 bits per heavy atom. The molecule has 2 N–H and O–H groups in total. The smallest absolute Gasteiger partial charge is 0.219 e. The number of nitrogen functional groups attached to an aromatic ring is 1. The molecule has 1 aromatic carbocycles. The van der Waals surface area contributed by atoms with E-state index in [1.54, 1.807) is 12.1 Å². The average molecular weight is 244 g/mol. The van der Waals surface area contributed by atoms with Gasteiger partial charge in [-0.3, -0.25) is 0 Å². The highest BCUT2D eigenvalue weighted by Gasteiger charge is 2.14. The van der Waals surface area contributed by atoms with Gasteiger partial charge < -0.3 is 10.5 Å². The highest BCUT2D eigenvalue weighted by atomic mass is 19.1. The van der Waals surface area contributed by atoms with Crippen molar-refractivity contribution in [3.05, 3.63) is 47.4 Å². The number of rotatable bonds is 2. The zero-order valence-corrected chi connectivity index (χ0v) is 9.82. The normalized spacial score (nSPS) is 13.4. The summed E-state index contributed by atoms with van der Waals surface area (Å²) in [5.41, 5.74) is 8.18. The minimum atomic E-state index is -0.475. The maximum Gasteiger partial charge on any atom is 0.219 e. The van der Waals surface area contributed by atoms with Crippen LogP contribution in [0.3, 0.4) is 0 Å². The van der Waals surface area contributed by atoms with E-state index in [1.165, 1.54) is 17.7 Å². The van der Waals surface area contributed by atoms with Gasteiger partial charge in [-0.25, -0.2) is 9.37 Å². The highest BCUT2D eigenvalue weighted by Crippen LogP contribution is 2.27. The zero-order chi connectivity index (χ0) is 12.5. The summed E-state index contributed by atoms with van der Waals surface area (Å²) < 4.78 is 19.0. The predicted octanol–water partition coefficient (Wildman–Crippen LogP) is 3.08. The van der Waals surface area contributed by atoms with Crippen LogP contribution >= 0.6 is 0 Å². The molecule has 0 amide bonds. The average Bonchev–Trinajstić information content (AvgIpc) is 2.80. The van der Waals surface area contributed by atoms with Crippen LogP contribution in [0.2, 0.25) is 0 Å². The molecule has 1 heterocycles. The molecule has 0 fully saturated rings. The number of aromatic nitrogens is 1. The van der Waals surface area contributed by atoms with Crippen LogP contribution in [0.5, 0.6) is 11.6 Å². The summed E-state index contributed by atoms with van der Waals surface area (Å²) in [6, 6.07) is 8.13. The van der Waals surface area contributed by atoms with Gasteiger partial charge in [0.25, 0.3) is 0 Å². The van der Waals surface area contributed by atoms with Crippen LogP contribution in [0, 0.1) is 5.82 Å². The molecular weight excluding hydrogens is 231 g/mol. The Balaban J connectivity index is 1.88. The Hall–Kier alpha value is -2.10. The molecule has 3 rings (SSSR count). The number of halogens is 1. The van der Waals surface area contributed by atoms with E-state index < -0.39 is 5.82 Å². The molecule has 1 aliphatic carbocycles. The van der Waals surface area contributed by atoms with Crippen molar-refractivity contribution < 1.29 is 9.13 Å². The lowest BCUT2D eigenvalue weighted by Crippen LogP contribution is -1.95. The van der Waals surface area contributed by atoms with Crippen LogP contribution in [0.25, 0.3) is 0 Å². The van der Waals surface area contributed by atoms with Crippen molar-refractivity contribution in [2.75, 3.05) is 5.73 Å². The first kappa shape index (κ1) is 11.0. The van der Waals surface area contributed by atoms with Crippen LogP contribution in [0.4, 0.5) is 10.1 Å². The number of anilines is 1. The van der Waals surface area contributed by atoms with Crippen LogP contribution in [0.1, 0.15) is 17.7 Å². The van der Waals surface area contributed by atoms with Gasteiger partial charge in [-0.05, 0) is 37.0 Å². The fraction of sp³-hybridized carbons (Fsp3) is 0.214. The lowest BCUT2D eigenvalue weighted by atomic mass is 10.2. The van der Waals surface area contributed by atoms with E-state index >= 15 is 0 Å². The summed E-state index contributed by atoms with van der Waals surface area (Å²) in [5, 5.41) is 0. The van der Waals surface area contributed by atoms with Crippen LogP contribution in [-0.4, -0.2) is 4.98 Å². The Morgan fingerprint density at radius 1 is 1.17 bits per heavy atom. The summed E-state index contributed by atoms with van der Waals surface area (Å²) in [6.07, 6.45) is 3.16. The quantitative estimate of drug-likeness (QED) is 0.826. The molecule has 1 aromatic heterocycles. The standard InChI is InChI=1S/C14H13FN2O/c15-11-8-10(16)5-6-13(11)18-14-7-4-9-2-1-3-12(9)17-14/h4-8H,1-3,16H2. The molecule has 0 spiro atoms. The molecule has 0 unspecified atom stereocenters. The monoisotopic (exact) mass is 244 g/mol. The lowest BCUT2D eigenvalue weighted by Gasteiger charge is -2.07. The molecule has 0 aliphatic heterocycles. The van der Waals surface area contributed by atoms with Gasteiger partial charge >= 0.3 is 0 Å². The number of aryl methyl sites for hydroxylation is 2. The van der Waals surface area contributed by atoms with Gasteiger partial charge in [-0.1, -0.05) is 6.07 Å². The van der Waals surface area contributed by atoms with Crippen molar-refractivity contribution in [1.29, 1.82) is 0 Å². The zero-order valence-electron chi connectivity index (χ0n) is 9.82. The maximum absolute atomic E-state index is 13.6. The van der Waals surface area contributed by atoms with Crippen LogP contribution in [-0.2, 0) is 12.8 Å². The third-order valence-corrected chi connectivity index (χ3v) is 3.07. The van der Waals surface area contributed by atoms with Gasteiger partial charge in [0.1, 0.15) is 0 Å². The Bertz CT molecular complexity index is 598. The molecule has 0 saturated carbocycles. The van der Waals surface area contributed by atoms with Gasteiger partial charge in [0, 0.05) is 23.5 Å². The molecule has 2 aromatic rings. The molecule has 4 heteroatoms. The van der Waals surface area contributed by atoms with Crippen LogP contribution in [0.15, 0.2) is 30.3 Å². The molecular formula is C14H13FN2O. The number of fused-ring (bicyclic) bond motifs is 1. The molecule has 92 valence electrons. The lowest BCUT2D eigenvalue weighted by molar-refractivity contribution is 0.426. The first-order valence-electron chi connectivity index (χ1n) is 5.94. The van der Waals surface area contributed by atoms with Crippen molar-refractivity contribution >= 4 is 5.69 Å². The highest BCUT2D eigenvalue weighted by molar-refractivity contribution is 5.44. The molecule has 0 radical (unpaired) electrons. The number of hydrogen-bond acceptors (Lipinski definition) is 3. The van der Waals surface area contributed by atoms with Gasteiger partial charge in [-0.15, -0.1) is 0 Å². The number of pyridine rings is 1. The van der Waals surface area contributed by atoms with E-state index in [0.717, 1.165) is 25.0 Å². The van der Waals surface area contributed by atoms with Crippen molar-refractivity contribution in [3.8, 4) is 11.6 Å². The molecule has 0 atom stereocenters. The molecule has 0 bridgehead atoms. The third-order valence-electron chi connectivity index (χ3n) is 3.07. The Labute approximate surface area is 104 Å². The van der Waals surface area contributed by atoms with E-state index in [0.29, 0.717) is 11.6 Å². The number of nitrogens with two attached hydrogens (primary N) is 1. The number of benzene rings is 1. The van der Waals surface area contributed by atoms with E-state index in [2.05, 4.69) is 4.98 Å². The van der Waals surface area contributed by atoms with Gasteiger partial charge in [0.05, 0.1) is 0 Å². The maximum atomic E-state index is 13.6.